The third-order valence-electron chi connectivity index (χ3n) is 1.87. The number of aromatic nitrogens is 2. The molecule has 8 heteroatoms. The lowest BCUT2D eigenvalue weighted by molar-refractivity contribution is -0.390. The van der Waals surface area contributed by atoms with Gasteiger partial charge in [-0.1, -0.05) is 0 Å². The van der Waals surface area contributed by atoms with Gasteiger partial charge in [-0.25, -0.2) is 0 Å². The Kier molecular flexibility index (Phi) is 4.41. The lowest BCUT2D eigenvalue weighted by Gasteiger charge is -1.97. The van der Waals surface area contributed by atoms with Gasteiger partial charge in [0, 0.05) is 6.42 Å². The third kappa shape index (κ3) is 3.30. The summed E-state index contributed by atoms with van der Waals surface area (Å²) in [6, 6.07) is 0. The number of halogens is 1. The molecule has 0 fully saturated rings. The van der Waals surface area contributed by atoms with Crippen molar-refractivity contribution in [3.8, 4) is 0 Å². The van der Waals surface area contributed by atoms with Gasteiger partial charge in [0.25, 0.3) is 0 Å². The maximum Gasteiger partial charge on any atom is 0.404 e. The highest BCUT2D eigenvalue weighted by atomic mass is 79.9. The van der Waals surface area contributed by atoms with E-state index in [2.05, 4.69) is 25.8 Å². The largest absolute Gasteiger partial charge is 0.469 e. The molecule has 1 rings (SSSR count). The number of carbonyl (C=O) groups is 1. The summed E-state index contributed by atoms with van der Waals surface area (Å²) in [6.45, 7) is 0.432. The summed E-state index contributed by atoms with van der Waals surface area (Å²) in [5.74, 6) is -0.529. The van der Waals surface area contributed by atoms with Crippen molar-refractivity contribution in [1.82, 2.24) is 9.78 Å². The lowest BCUT2D eigenvalue weighted by Crippen LogP contribution is -2.04. The molecule has 0 saturated heterocycles. The number of hydrogen-bond acceptors (Lipinski definition) is 5. The van der Waals surface area contributed by atoms with Crippen LogP contribution >= 0.6 is 15.9 Å². The number of nitrogens with zero attached hydrogens (tertiary/aromatic N) is 3. The molecule has 0 aliphatic heterocycles. The number of aryl methyl sites for hydroxylation is 1. The van der Waals surface area contributed by atoms with Crippen LogP contribution in [0.1, 0.15) is 12.8 Å². The van der Waals surface area contributed by atoms with E-state index in [-0.39, 0.29) is 18.2 Å². The number of methoxy groups -OCH3 is 1. The van der Waals surface area contributed by atoms with Crippen LogP contribution in [0.2, 0.25) is 0 Å². The van der Waals surface area contributed by atoms with Crippen molar-refractivity contribution in [3.63, 3.8) is 0 Å². The van der Waals surface area contributed by atoms with Crippen LogP contribution < -0.4 is 0 Å². The molecule has 16 heavy (non-hydrogen) atoms. The average Bonchev–Trinajstić information content (AvgIpc) is 2.59. The predicted molar refractivity (Wildman–Crippen MR) is 57.8 cm³/mol. The molecule has 0 spiro atoms. The van der Waals surface area contributed by atoms with Gasteiger partial charge in [0.05, 0.1) is 25.0 Å². The maximum absolute atomic E-state index is 10.8. The van der Waals surface area contributed by atoms with E-state index in [0.717, 1.165) is 0 Å². The molecule has 1 heterocycles. The quantitative estimate of drug-likeness (QED) is 0.466. The molecule has 0 amide bonds. The number of nitro groups is 1. The fourth-order valence-corrected chi connectivity index (χ4v) is 1.57. The Balaban J connectivity index is 2.52. The van der Waals surface area contributed by atoms with E-state index in [1.165, 1.54) is 18.0 Å². The molecule has 0 aromatic carbocycles. The van der Waals surface area contributed by atoms with Gasteiger partial charge in [0.15, 0.2) is 0 Å². The van der Waals surface area contributed by atoms with Crippen LogP contribution in [0.25, 0.3) is 0 Å². The van der Waals surface area contributed by atoms with Gasteiger partial charge in [0.2, 0.25) is 0 Å². The van der Waals surface area contributed by atoms with Gasteiger partial charge in [-0.05, 0) is 27.3 Å². The number of rotatable bonds is 5. The van der Waals surface area contributed by atoms with Gasteiger partial charge in [-0.3, -0.25) is 4.79 Å². The Hall–Kier alpha value is -1.44. The van der Waals surface area contributed by atoms with Gasteiger partial charge >= 0.3 is 11.8 Å². The fourth-order valence-electron chi connectivity index (χ4n) is 1.11. The first-order valence-electron chi connectivity index (χ1n) is 4.48. The average molecular weight is 292 g/mol. The van der Waals surface area contributed by atoms with Gasteiger partial charge in [-0.2, -0.15) is 4.68 Å². The summed E-state index contributed by atoms with van der Waals surface area (Å²) in [5.41, 5.74) is 0. The summed E-state index contributed by atoms with van der Waals surface area (Å²) in [6.07, 6.45) is 2.30. The minimum absolute atomic E-state index is 0.224. The number of ether oxygens (including phenoxy) is 1. The van der Waals surface area contributed by atoms with Gasteiger partial charge < -0.3 is 14.9 Å². The molecule has 0 saturated carbocycles. The Morgan fingerprint density at radius 2 is 2.44 bits per heavy atom. The van der Waals surface area contributed by atoms with Crippen LogP contribution in [0.5, 0.6) is 0 Å². The van der Waals surface area contributed by atoms with E-state index in [1.807, 2.05) is 0 Å². The van der Waals surface area contributed by atoms with E-state index in [9.17, 15) is 14.9 Å². The SMILES string of the molecule is COC(=O)CCCn1cc(Br)c([N+](=O)[O-])n1. The van der Waals surface area contributed by atoms with Crippen LogP contribution in [0.4, 0.5) is 5.82 Å². The van der Waals surface area contributed by atoms with E-state index in [1.54, 1.807) is 0 Å². The summed E-state index contributed by atoms with van der Waals surface area (Å²) in [5, 5.41) is 14.2. The lowest BCUT2D eigenvalue weighted by atomic mass is 10.3. The molecule has 0 aliphatic rings. The highest BCUT2D eigenvalue weighted by Gasteiger charge is 2.18. The molecule has 0 unspecified atom stereocenters. The minimum atomic E-state index is -0.569. The molecule has 1 aromatic heterocycles. The van der Waals surface area contributed by atoms with E-state index < -0.39 is 4.92 Å². The second-order valence-corrected chi connectivity index (χ2v) is 3.85. The second kappa shape index (κ2) is 5.59. The zero-order valence-electron chi connectivity index (χ0n) is 8.55. The van der Waals surface area contributed by atoms with Gasteiger partial charge in [-0.15, -0.1) is 0 Å². The zero-order chi connectivity index (χ0) is 12.1. The zero-order valence-corrected chi connectivity index (χ0v) is 10.1. The monoisotopic (exact) mass is 291 g/mol. The summed E-state index contributed by atoms with van der Waals surface area (Å²) < 4.78 is 6.22. The molecule has 0 aliphatic carbocycles. The van der Waals surface area contributed by atoms with E-state index in [4.69, 9.17) is 0 Å². The number of hydrogen-bond donors (Lipinski definition) is 0. The molecule has 0 bridgehead atoms. The number of carbonyl (C=O) groups excluding carboxylic acids is 1. The van der Waals surface area contributed by atoms with Crippen molar-refractivity contribution in [2.24, 2.45) is 0 Å². The van der Waals surface area contributed by atoms with Crippen molar-refractivity contribution in [1.29, 1.82) is 0 Å². The van der Waals surface area contributed by atoms with Crippen LogP contribution in [0, 0.1) is 10.1 Å². The summed E-state index contributed by atoms with van der Waals surface area (Å²) in [4.78, 5) is 20.7. The van der Waals surface area contributed by atoms with E-state index in [0.29, 0.717) is 17.4 Å². The molecule has 0 radical (unpaired) electrons. The highest BCUT2D eigenvalue weighted by molar-refractivity contribution is 9.10. The topological polar surface area (TPSA) is 87.3 Å². The van der Waals surface area contributed by atoms with E-state index >= 15 is 0 Å². The van der Waals surface area contributed by atoms with Crippen molar-refractivity contribution in [2.75, 3.05) is 7.11 Å². The fraction of sp³-hybridized carbons (Fsp3) is 0.500. The molecular weight excluding hydrogens is 282 g/mol. The van der Waals surface area contributed by atoms with Crippen molar-refractivity contribution >= 4 is 27.7 Å². The normalized spacial score (nSPS) is 10.1. The first-order chi connectivity index (χ1) is 7.54. The van der Waals surface area contributed by atoms with Crippen LogP contribution in [-0.2, 0) is 16.1 Å². The van der Waals surface area contributed by atoms with Crippen LogP contribution in [-0.4, -0.2) is 27.8 Å². The van der Waals surface area contributed by atoms with Crippen molar-refractivity contribution in [2.45, 2.75) is 19.4 Å². The highest BCUT2D eigenvalue weighted by Crippen LogP contribution is 2.22. The van der Waals surface area contributed by atoms with Crippen molar-refractivity contribution < 1.29 is 14.5 Å². The first kappa shape index (κ1) is 12.6. The Morgan fingerprint density at radius 1 is 1.75 bits per heavy atom. The molecular formula is C8H10BrN3O4. The van der Waals surface area contributed by atoms with Crippen LogP contribution in [0.15, 0.2) is 10.7 Å². The second-order valence-electron chi connectivity index (χ2n) is 3.00. The molecule has 7 nitrogen and oxygen atoms in total. The molecule has 0 atom stereocenters. The smallest absolute Gasteiger partial charge is 0.404 e. The third-order valence-corrected chi connectivity index (χ3v) is 2.43. The summed E-state index contributed by atoms with van der Waals surface area (Å²) in [7, 11) is 1.32. The molecule has 1 aromatic rings. The van der Waals surface area contributed by atoms with Crippen LogP contribution in [0.3, 0.4) is 0 Å². The Bertz CT molecular complexity index is 404. The molecule has 0 N–H and O–H groups in total. The minimum Gasteiger partial charge on any atom is -0.469 e. The molecule has 88 valence electrons. The predicted octanol–water partition coefficient (Wildman–Crippen LogP) is 1.51. The maximum atomic E-state index is 10.8. The Morgan fingerprint density at radius 3 is 2.94 bits per heavy atom. The number of esters is 1. The summed E-state index contributed by atoms with van der Waals surface area (Å²) >= 11 is 3.04. The van der Waals surface area contributed by atoms with Gasteiger partial charge in [0.1, 0.15) is 4.47 Å². The standard InChI is InChI=1S/C8H10BrN3O4/c1-16-7(13)3-2-4-11-5-6(9)8(10-11)12(14)15/h5H,2-4H2,1H3. The Labute approximate surface area is 99.7 Å². The van der Waals surface area contributed by atoms with Crippen molar-refractivity contribution in [3.05, 3.63) is 20.8 Å². The first-order valence-corrected chi connectivity index (χ1v) is 5.28.